The summed E-state index contributed by atoms with van der Waals surface area (Å²) in [6.45, 7) is 9.18. The number of anilines is 1. The second-order valence-corrected chi connectivity index (χ2v) is 12.4. The molecule has 2 aromatic carbocycles. The second-order valence-electron chi connectivity index (χ2n) is 12.4. The highest BCUT2D eigenvalue weighted by Crippen LogP contribution is 2.59. The van der Waals surface area contributed by atoms with Crippen molar-refractivity contribution in [3.05, 3.63) is 85.5 Å². The smallest absolute Gasteiger partial charge is 0.313 e. The highest BCUT2D eigenvalue weighted by Gasteiger charge is 2.75. The molecule has 1 spiro atoms. The van der Waals surface area contributed by atoms with Gasteiger partial charge in [-0.3, -0.25) is 19.2 Å². The molecule has 2 bridgehead atoms. The summed E-state index contributed by atoms with van der Waals surface area (Å²) in [4.78, 5) is 58.8. The molecule has 2 N–H and O–H groups in total. The Kier molecular flexibility index (Phi) is 11.0. The van der Waals surface area contributed by atoms with E-state index in [0.717, 1.165) is 0 Å². The molecule has 48 heavy (non-hydrogen) atoms. The van der Waals surface area contributed by atoms with Crippen LogP contribution in [0.25, 0.3) is 0 Å². The lowest BCUT2D eigenvalue weighted by Gasteiger charge is -2.39. The maximum absolute atomic E-state index is 14.7. The van der Waals surface area contributed by atoms with Crippen LogP contribution in [0.3, 0.4) is 0 Å². The SMILES string of the molecule is C=CCCC(=O)NC[C@@H](OC(=O)[C@@H]1[C@@H]2CC[C@]3(O2)[C@H](C(=O)N(CC=C)c2ccc(OC)cc2)N([C@@H](CC)CO)C(=O)[C@@H]13)c1ccccc1. The van der Waals surface area contributed by atoms with Gasteiger partial charge in [0.2, 0.25) is 11.8 Å². The Hall–Kier alpha value is -4.48. The van der Waals surface area contributed by atoms with Crippen molar-refractivity contribution in [3.8, 4) is 5.75 Å². The fourth-order valence-corrected chi connectivity index (χ4v) is 7.45. The quantitative estimate of drug-likeness (QED) is 0.206. The number of methoxy groups -OCH3 is 1. The van der Waals surface area contributed by atoms with Crippen molar-refractivity contribution in [1.29, 1.82) is 0 Å². The number of nitrogens with zero attached hydrogens (tertiary/aromatic N) is 2. The Morgan fingerprint density at radius 3 is 2.50 bits per heavy atom. The standard InChI is InChI=1S/C37H45N3O8/c1-5-8-14-30(42)38-22-29(24-12-10-9-11-13-24)47-36(45)31-28-19-20-37(48-28)32(31)34(43)40(25(7-3)23-41)33(37)35(44)39(21-6-2)26-15-17-27(46-4)18-16-26/h5-6,9-13,15-18,25,28-29,31-33,41H,1-2,7-8,14,19-23H2,3-4H3,(H,38,42)/t25-,28-,29+,31+,32+,33-,37+/m0/s1. The Morgan fingerprint density at radius 2 is 1.88 bits per heavy atom. The lowest BCUT2D eigenvalue weighted by molar-refractivity contribution is -0.161. The number of esters is 1. The summed E-state index contributed by atoms with van der Waals surface area (Å²) < 4.78 is 18.0. The van der Waals surface area contributed by atoms with E-state index in [-0.39, 0.29) is 37.9 Å². The van der Waals surface area contributed by atoms with Crippen LogP contribution in [0.2, 0.25) is 0 Å². The lowest BCUT2D eigenvalue weighted by atomic mass is 9.70. The molecule has 0 unspecified atom stereocenters. The summed E-state index contributed by atoms with van der Waals surface area (Å²) >= 11 is 0. The number of likely N-dealkylation sites (tertiary alicyclic amines) is 1. The molecule has 3 aliphatic rings. The molecule has 7 atom stereocenters. The van der Waals surface area contributed by atoms with Crippen molar-refractivity contribution in [3.63, 3.8) is 0 Å². The van der Waals surface area contributed by atoms with Crippen LogP contribution in [-0.4, -0.2) is 84.3 Å². The van der Waals surface area contributed by atoms with Gasteiger partial charge in [0.25, 0.3) is 5.91 Å². The molecule has 3 saturated heterocycles. The van der Waals surface area contributed by atoms with Gasteiger partial charge in [0.1, 0.15) is 23.5 Å². The van der Waals surface area contributed by atoms with Crippen LogP contribution in [0.4, 0.5) is 5.69 Å². The van der Waals surface area contributed by atoms with E-state index >= 15 is 0 Å². The van der Waals surface area contributed by atoms with Crippen LogP contribution >= 0.6 is 0 Å². The highest BCUT2D eigenvalue weighted by molar-refractivity contribution is 6.05. The van der Waals surface area contributed by atoms with Gasteiger partial charge >= 0.3 is 5.97 Å². The average Bonchev–Trinajstić information content (AvgIpc) is 3.76. The number of hydrogen-bond donors (Lipinski definition) is 2. The van der Waals surface area contributed by atoms with Crippen molar-refractivity contribution in [2.75, 3.05) is 31.7 Å². The summed E-state index contributed by atoms with van der Waals surface area (Å²) in [6, 6.07) is 14.3. The van der Waals surface area contributed by atoms with E-state index in [0.29, 0.717) is 42.7 Å². The molecule has 3 aliphatic heterocycles. The van der Waals surface area contributed by atoms with Gasteiger partial charge in [0.05, 0.1) is 44.2 Å². The summed E-state index contributed by atoms with van der Waals surface area (Å²) in [5.74, 6) is -2.97. The zero-order chi connectivity index (χ0) is 34.4. The molecule has 256 valence electrons. The number of ether oxygens (including phenoxy) is 3. The van der Waals surface area contributed by atoms with Gasteiger partial charge in [-0.05, 0) is 55.5 Å². The van der Waals surface area contributed by atoms with Crippen LogP contribution in [0.1, 0.15) is 50.7 Å². The van der Waals surface area contributed by atoms with Gasteiger partial charge in [0, 0.05) is 18.7 Å². The molecule has 5 rings (SSSR count). The molecule has 0 saturated carbocycles. The largest absolute Gasteiger partial charge is 0.497 e. The molecular weight excluding hydrogens is 614 g/mol. The first kappa shape index (κ1) is 34.8. The molecule has 3 fully saturated rings. The van der Waals surface area contributed by atoms with Crippen molar-refractivity contribution < 1.29 is 38.5 Å². The van der Waals surface area contributed by atoms with Crippen LogP contribution < -0.4 is 15.0 Å². The van der Waals surface area contributed by atoms with E-state index in [4.69, 9.17) is 14.2 Å². The predicted molar refractivity (Wildman–Crippen MR) is 179 cm³/mol. The number of hydrogen-bond acceptors (Lipinski definition) is 8. The zero-order valence-corrected chi connectivity index (χ0v) is 27.6. The minimum atomic E-state index is -1.29. The highest BCUT2D eigenvalue weighted by atomic mass is 16.6. The fourth-order valence-electron chi connectivity index (χ4n) is 7.45. The molecule has 2 aromatic rings. The summed E-state index contributed by atoms with van der Waals surface area (Å²) in [5.41, 5.74) is -0.0284. The Bertz CT molecular complexity index is 1490. The van der Waals surface area contributed by atoms with Crippen molar-refractivity contribution in [1.82, 2.24) is 10.2 Å². The van der Waals surface area contributed by atoms with Crippen LogP contribution in [0.15, 0.2) is 79.9 Å². The van der Waals surface area contributed by atoms with Crippen molar-refractivity contribution in [2.45, 2.75) is 68.9 Å². The van der Waals surface area contributed by atoms with Crippen molar-refractivity contribution >= 4 is 29.4 Å². The van der Waals surface area contributed by atoms with Crippen LogP contribution in [-0.2, 0) is 28.7 Å². The number of fused-ring (bicyclic) bond motifs is 1. The van der Waals surface area contributed by atoms with Gasteiger partial charge in [-0.25, -0.2) is 0 Å². The monoisotopic (exact) mass is 659 g/mol. The Balaban J connectivity index is 1.47. The summed E-state index contributed by atoms with van der Waals surface area (Å²) in [6.07, 6.45) is 3.82. The van der Waals surface area contributed by atoms with E-state index in [1.807, 2.05) is 37.3 Å². The third-order valence-corrected chi connectivity index (χ3v) is 9.77. The minimum Gasteiger partial charge on any atom is -0.497 e. The van der Waals surface area contributed by atoms with E-state index in [1.54, 1.807) is 48.4 Å². The molecular formula is C37H45N3O8. The number of amides is 3. The van der Waals surface area contributed by atoms with E-state index in [1.165, 1.54) is 4.90 Å². The number of benzene rings is 2. The predicted octanol–water partition coefficient (Wildman–Crippen LogP) is 3.73. The van der Waals surface area contributed by atoms with Gasteiger partial charge in [-0.2, -0.15) is 0 Å². The number of allylic oxidation sites excluding steroid dienone is 1. The molecule has 0 radical (unpaired) electrons. The molecule has 3 amide bonds. The lowest BCUT2D eigenvalue weighted by Crippen LogP contribution is -2.59. The van der Waals surface area contributed by atoms with Crippen molar-refractivity contribution in [2.24, 2.45) is 11.8 Å². The molecule has 11 heteroatoms. The Morgan fingerprint density at radius 1 is 1.15 bits per heavy atom. The van der Waals surface area contributed by atoms with Gasteiger partial charge < -0.3 is 34.4 Å². The number of nitrogens with one attached hydrogen (secondary N) is 1. The summed E-state index contributed by atoms with van der Waals surface area (Å²) in [5, 5.41) is 13.2. The fraction of sp³-hybridized carbons (Fsp3) is 0.459. The maximum atomic E-state index is 14.7. The third kappa shape index (κ3) is 6.49. The number of aliphatic hydroxyl groups excluding tert-OH is 1. The number of carbonyl (C=O) groups excluding carboxylic acids is 4. The first-order valence-corrected chi connectivity index (χ1v) is 16.5. The maximum Gasteiger partial charge on any atom is 0.313 e. The molecule has 0 aliphatic carbocycles. The number of rotatable bonds is 16. The molecule has 11 nitrogen and oxygen atoms in total. The average molecular weight is 660 g/mol. The first-order valence-electron chi connectivity index (χ1n) is 16.5. The van der Waals surface area contributed by atoms with Crippen LogP contribution in [0.5, 0.6) is 5.75 Å². The Labute approximate surface area is 281 Å². The molecule has 3 heterocycles. The normalized spacial score (nSPS) is 25.1. The first-order chi connectivity index (χ1) is 23.2. The van der Waals surface area contributed by atoms with Crippen LogP contribution in [0, 0.1) is 11.8 Å². The van der Waals surface area contributed by atoms with Gasteiger partial charge in [0.15, 0.2) is 0 Å². The van der Waals surface area contributed by atoms with Gasteiger partial charge in [-0.1, -0.05) is 49.4 Å². The van der Waals surface area contributed by atoms with E-state index in [9.17, 15) is 24.3 Å². The van der Waals surface area contributed by atoms with Gasteiger partial charge in [-0.15, -0.1) is 13.2 Å². The summed E-state index contributed by atoms with van der Waals surface area (Å²) in [7, 11) is 1.56. The second kappa shape index (κ2) is 15.2. The van der Waals surface area contributed by atoms with E-state index < -0.39 is 53.6 Å². The van der Waals surface area contributed by atoms with E-state index in [2.05, 4.69) is 18.5 Å². The topological polar surface area (TPSA) is 135 Å². The number of carbonyl (C=O) groups is 4. The molecule has 0 aromatic heterocycles. The third-order valence-electron chi connectivity index (χ3n) is 9.77. The number of aliphatic hydroxyl groups is 1. The minimum absolute atomic E-state index is 0.0434. The zero-order valence-electron chi connectivity index (χ0n) is 27.6.